The molecule has 1 saturated heterocycles. The fourth-order valence-corrected chi connectivity index (χ4v) is 2.65. The van der Waals surface area contributed by atoms with Gasteiger partial charge >= 0.3 is 0 Å². The molecule has 3 heterocycles. The van der Waals surface area contributed by atoms with Crippen molar-refractivity contribution in [2.75, 3.05) is 19.6 Å². The number of imidazole rings is 1. The van der Waals surface area contributed by atoms with E-state index in [-0.39, 0.29) is 18.5 Å². The van der Waals surface area contributed by atoms with Gasteiger partial charge in [0.1, 0.15) is 5.65 Å². The first-order chi connectivity index (χ1) is 9.25. The molecule has 6 heteroatoms. The molecule has 1 aliphatic heterocycles. The molecule has 3 rings (SSSR count). The highest BCUT2D eigenvalue weighted by Crippen LogP contribution is 2.11. The molecule has 2 atom stereocenters. The molecule has 0 spiro atoms. The maximum atomic E-state index is 9.73. The highest BCUT2D eigenvalue weighted by molar-refractivity contribution is 5.85. The summed E-state index contributed by atoms with van der Waals surface area (Å²) in [5.41, 5.74) is 3.35. The summed E-state index contributed by atoms with van der Waals surface area (Å²) in [5.74, 6) is 0.306. The third kappa shape index (κ3) is 2.96. The van der Waals surface area contributed by atoms with Crippen LogP contribution < -0.4 is 10.6 Å². The number of pyridine rings is 1. The van der Waals surface area contributed by atoms with Crippen molar-refractivity contribution in [2.45, 2.75) is 19.6 Å². The number of β-amino-alcohol motifs (C(OH)–C–C–N with tert-alkyl or cyclic N) is 1. The third-order valence-corrected chi connectivity index (χ3v) is 3.82. The predicted molar refractivity (Wildman–Crippen MR) is 81.3 cm³/mol. The summed E-state index contributed by atoms with van der Waals surface area (Å²) in [6.07, 6.45) is 3.73. The molecule has 0 radical (unpaired) electrons. The van der Waals surface area contributed by atoms with Crippen LogP contribution in [0.1, 0.15) is 11.3 Å². The van der Waals surface area contributed by atoms with E-state index in [9.17, 15) is 5.11 Å². The summed E-state index contributed by atoms with van der Waals surface area (Å²) in [7, 11) is 0. The second-order valence-electron chi connectivity index (χ2n) is 5.25. The molecule has 20 heavy (non-hydrogen) atoms. The Morgan fingerprint density at radius 3 is 3.10 bits per heavy atom. The van der Waals surface area contributed by atoms with Crippen molar-refractivity contribution in [1.82, 2.24) is 20.0 Å². The minimum absolute atomic E-state index is 0. The van der Waals surface area contributed by atoms with E-state index in [1.54, 1.807) is 0 Å². The number of aromatic nitrogens is 2. The van der Waals surface area contributed by atoms with Crippen molar-refractivity contribution in [3.8, 4) is 0 Å². The van der Waals surface area contributed by atoms with Gasteiger partial charge in [0.2, 0.25) is 0 Å². The van der Waals surface area contributed by atoms with Crippen LogP contribution in [0.25, 0.3) is 5.65 Å². The average molecular weight is 297 g/mol. The van der Waals surface area contributed by atoms with E-state index in [0.29, 0.717) is 12.5 Å². The molecule has 0 aromatic carbocycles. The van der Waals surface area contributed by atoms with Crippen LogP contribution in [0.4, 0.5) is 0 Å². The van der Waals surface area contributed by atoms with Crippen LogP contribution in [0.2, 0.25) is 0 Å². The van der Waals surface area contributed by atoms with E-state index >= 15 is 0 Å². The Morgan fingerprint density at radius 2 is 2.35 bits per heavy atom. The Morgan fingerprint density at radius 1 is 1.50 bits per heavy atom. The Balaban J connectivity index is 0.00000147. The second-order valence-corrected chi connectivity index (χ2v) is 5.25. The van der Waals surface area contributed by atoms with E-state index in [4.69, 9.17) is 0 Å². The van der Waals surface area contributed by atoms with Crippen molar-refractivity contribution in [3.63, 3.8) is 0 Å². The number of hydrogen-bond donors (Lipinski definition) is 3. The number of rotatable bonds is 4. The van der Waals surface area contributed by atoms with Crippen molar-refractivity contribution >= 4 is 18.1 Å². The topological polar surface area (TPSA) is 61.6 Å². The maximum Gasteiger partial charge on any atom is 0.139 e. The summed E-state index contributed by atoms with van der Waals surface area (Å²) >= 11 is 0. The molecule has 1 fully saturated rings. The Kier molecular flexibility index (Phi) is 4.99. The molecule has 5 nitrogen and oxygen atoms in total. The second kappa shape index (κ2) is 6.54. The highest BCUT2D eigenvalue weighted by Gasteiger charge is 2.24. The fraction of sp³-hybridized carbons (Fsp3) is 0.500. The van der Waals surface area contributed by atoms with Gasteiger partial charge in [0.15, 0.2) is 0 Å². The van der Waals surface area contributed by atoms with Crippen LogP contribution in [-0.2, 0) is 6.54 Å². The molecule has 0 saturated carbocycles. The van der Waals surface area contributed by atoms with Crippen LogP contribution >= 0.6 is 12.4 Å². The molecular weight excluding hydrogens is 276 g/mol. The van der Waals surface area contributed by atoms with Crippen molar-refractivity contribution < 1.29 is 5.11 Å². The smallest absolute Gasteiger partial charge is 0.139 e. The number of aliphatic hydroxyl groups excluding tert-OH is 1. The van der Waals surface area contributed by atoms with Crippen molar-refractivity contribution in [1.29, 1.82) is 0 Å². The van der Waals surface area contributed by atoms with E-state index in [0.717, 1.165) is 31.0 Å². The SMILES string of the molecule is Cc1cccn2c(CNCC3CNCC3O)cnc12.Cl. The summed E-state index contributed by atoms with van der Waals surface area (Å²) in [5, 5.41) is 16.3. The summed E-state index contributed by atoms with van der Waals surface area (Å²) in [6.45, 7) is 5.27. The zero-order chi connectivity index (χ0) is 13.2. The minimum Gasteiger partial charge on any atom is -0.391 e. The van der Waals surface area contributed by atoms with Gasteiger partial charge in [0.25, 0.3) is 0 Å². The van der Waals surface area contributed by atoms with Crippen LogP contribution in [0.3, 0.4) is 0 Å². The normalized spacial score (nSPS) is 22.1. The number of hydrogen-bond acceptors (Lipinski definition) is 4. The van der Waals surface area contributed by atoms with Gasteiger partial charge in [0, 0.05) is 38.3 Å². The molecule has 3 N–H and O–H groups in total. The molecular formula is C14H21ClN4O. The summed E-state index contributed by atoms with van der Waals surface area (Å²) in [6, 6.07) is 4.11. The van der Waals surface area contributed by atoms with Gasteiger partial charge in [-0.05, 0) is 18.6 Å². The van der Waals surface area contributed by atoms with E-state index in [1.165, 1.54) is 5.56 Å². The van der Waals surface area contributed by atoms with Gasteiger partial charge < -0.3 is 20.1 Å². The van der Waals surface area contributed by atoms with Crippen molar-refractivity contribution in [2.24, 2.45) is 5.92 Å². The van der Waals surface area contributed by atoms with Crippen LogP contribution in [0.5, 0.6) is 0 Å². The van der Waals surface area contributed by atoms with Gasteiger partial charge in [-0.3, -0.25) is 0 Å². The van der Waals surface area contributed by atoms with Crippen molar-refractivity contribution in [3.05, 3.63) is 35.8 Å². The number of aliphatic hydroxyl groups is 1. The molecule has 110 valence electrons. The van der Waals surface area contributed by atoms with Crippen LogP contribution in [0, 0.1) is 12.8 Å². The first-order valence-corrected chi connectivity index (χ1v) is 6.77. The Bertz CT molecular complexity index is 571. The average Bonchev–Trinajstić information content (AvgIpc) is 2.98. The van der Waals surface area contributed by atoms with Gasteiger partial charge in [-0.15, -0.1) is 12.4 Å². The number of halogens is 1. The third-order valence-electron chi connectivity index (χ3n) is 3.82. The lowest BCUT2D eigenvalue weighted by atomic mass is 10.1. The van der Waals surface area contributed by atoms with E-state index in [2.05, 4.69) is 33.0 Å². The van der Waals surface area contributed by atoms with Crippen LogP contribution in [0.15, 0.2) is 24.5 Å². The van der Waals surface area contributed by atoms with Gasteiger partial charge in [-0.1, -0.05) is 6.07 Å². The van der Waals surface area contributed by atoms with E-state index < -0.39 is 0 Å². The molecule has 1 aliphatic rings. The zero-order valence-electron chi connectivity index (χ0n) is 11.5. The first-order valence-electron chi connectivity index (χ1n) is 6.77. The number of aryl methyl sites for hydroxylation is 1. The summed E-state index contributed by atoms with van der Waals surface area (Å²) < 4.78 is 2.12. The van der Waals surface area contributed by atoms with Gasteiger partial charge in [0.05, 0.1) is 18.0 Å². The molecule has 0 bridgehead atoms. The lowest BCUT2D eigenvalue weighted by molar-refractivity contribution is 0.146. The molecule has 2 aromatic heterocycles. The molecule has 0 amide bonds. The predicted octanol–water partition coefficient (Wildman–Crippen LogP) is 0.734. The Labute approximate surface area is 124 Å². The standard InChI is InChI=1S/C14H20N4O.ClH/c1-10-3-2-4-18-12(8-17-14(10)18)7-15-5-11-6-16-9-13(11)19;/h2-4,8,11,13,15-16,19H,5-7,9H2,1H3;1H. The maximum absolute atomic E-state index is 9.73. The molecule has 2 unspecified atom stereocenters. The summed E-state index contributed by atoms with van der Waals surface area (Å²) in [4.78, 5) is 4.44. The number of nitrogens with one attached hydrogen (secondary N) is 2. The highest BCUT2D eigenvalue weighted by atomic mass is 35.5. The molecule has 0 aliphatic carbocycles. The van der Waals surface area contributed by atoms with Crippen LogP contribution in [-0.4, -0.2) is 40.2 Å². The quantitative estimate of drug-likeness (QED) is 0.779. The van der Waals surface area contributed by atoms with E-state index in [1.807, 2.05) is 18.5 Å². The lowest BCUT2D eigenvalue weighted by Gasteiger charge is -2.13. The number of fused-ring (bicyclic) bond motifs is 1. The minimum atomic E-state index is -0.225. The Hall–Kier alpha value is -1.14. The van der Waals surface area contributed by atoms with Gasteiger partial charge in [-0.25, -0.2) is 4.98 Å². The fourth-order valence-electron chi connectivity index (χ4n) is 2.65. The largest absolute Gasteiger partial charge is 0.391 e. The lowest BCUT2D eigenvalue weighted by Crippen LogP contribution is -2.30. The first kappa shape index (κ1) is 15.3. The monoisotopic (exact) mass is 296 g/mol. The zero-order valence-corrected chi connectivity index (χ0v) is 12.4. The molecule has 2 aromatic rings. The number of nitrogens with zero attached hydrogens (tertiary/aromatic N) is 2. The van der Waals surface area contributed by atoms with Gasteiger partial charge in [-0.2, -0.15) is 0 Å².